The zero-order valence-corrected chi connectivity index (χ0v) is 10.4. The van der Waals surface area contributed by atoms with E-state index >= 15 is 0 Å². The van der Waals surface area contributed by atoms with E-state index in [0.717, 1.165) is 11.1 Å². The summed E-state index contributed by atoms with van der Waals surface area (Å²) >= 11 is 5.82. The highest BCUT2D eigenvalue weighted by Gasteiger charge is 2.08. The van der Waals surface area contributed by atoms with E-state index in [4.69, 9.17) is 17.3 Å². The number of carbonyl (C=O) groups excluding carboxylic acids is 1. The van der Waals surface area contributed by atoms with Crippen molar-refractivity contribution in [2.24, 2.45) is 5.73 Å². The van der Waals surface area contributed by atoms with Crippen molar-refractivity contribution >= 4 is 29.2 Å². The molecule has 0 aliphatic heterocycles. The molecule has 1 amide bonds. The second kappa shape index (κ2) is 5.52. The van der Waals surface area contributed by atoms with Gasteiger partial charge in [0.1, 0.15) is 0 Å². The van der Waals surface area contributed by atoms with Gasteiger partial charge in [-0.1, -0.05) is 54.1 Å². The van der Waals surface area contributed by atoms with Gasteiger partial charge in [0.25, 0.3) is 0 Å². The van der Waals surface area contributed by atoms with Crippen molar-refractivity contribution in [3.8, 4) is 0 Å². The largest absolute Gasteiger partial charge is 0.366 e. The van der Waals surface area contributed by atoms with Crippen molar-refractivity contribution in [2.45, 2.75) is 0 Å². The van der Waals surface area contributed by atoms with Crippen molar-refractivity contribution in [1.82, 2.24) is 0 Å². The summed E-state index contributed by atoms with van der Waals surface area (Å²) in [6.07, 6.45) is 1.77. The maximum Gasteiger partial charge on any atom is 0.249 e. The number of halogens is 1. The molecule has 2 aromatic rings. The van der Waals surface area contributed by atoms with Crippen molar-refractivity contribution in [3.05, 3.63) is 70.7 Å². The number of hydrogen-bond acceptors (Lipinski definition) is 1. The quantitative estimate of drug-likeness (QED) is 0.665. The monoisotopic (exact) mass is 257 g/mol. The molecular formula is C15H12ClNO. The zero-order chi connectivity index (χ0) is 13.0. The summed E-state index contributed by atoms with van der Waals surface area (Å²) in [4.78, 5) is 11.5. The van der Waals surface area contributed by atoms with Crippen LogP contribution in [0.25, 0.3) is 11.6 Å². The molecule has 0 radical (unpaired) electrons. The van der Waals surface area contributed by atoms with Crippen molar-refractivity contribution in [1.29, 1.82) is 0 Å². The fraction of sp³-hybridized carbons (Fsp3) is 0. The molecular weight excluding hydrogens is 246 g/mol. The highest BCUT2D eigenvalue weighted by molar-refractivity contribution is 6.30. The number of hydrogen-bond donors (Lipinski definition) is 1. The second-order valence-electron chi connectivity index (χ2n) is 3.84. The standard InChI is InChI=1S/C15H12ClNO/c16-13-8-6-12(7-9-13)14(15(17)18)10-11-4-2-1-3-5-11/h1-10H,(H2,17,18)/b14-10+. The highest BCUT2D eigenvalue weighted by Crippen LogP contribution is 2.20. The molecule has 0 spiro atoms. The Morgan fingerprint density at radius 2 is 1.61 bits per heavy atom. The molecule has 2 N–H and O–H groups in total. The summed E-state index contributed by atoms with van der Waals surface area (Å²) in [5.41, 5.74) is 7.58. The molecule has 0 fully saturated rings. The molecule has 0 saturated carbocycles. The molecule has 2 aromatic carbocycles. The van der Waals surface area contributed by atoms with Crippen molar-refractivity contribution < 1.29 is 4.79 Å². The molecule has 3 heteroatoms. The Balaban J connectivity index is 2.44. The lowest BCUT2D eigenvalue weighted by Crippen LogP contribution is -2.12. The van der Waals surface area contributed by atoms with Gasteiger partial charge >= 0.3 is 0 Å². The van der Waals surface area contributed by atoms with Crippen molar-refractivity contribution in [2.75, 3.05) is 0 Å². The molecule has 0 unspecified atom stereocenters. The third-order valence-electron chi connectivity index (χ3n) is 2.53. The smallest absolute Gasteiger partial charge is 0.249 e. The molecule has 0 heterocycles. The first-order valence-electron chi connectivity index (χ1n) is 5.49. The molecule has 0 aromatic heterocycles. The molecule has 90 valence electrons. The van der Waals surface area contributed by atoms with E-state index in [0.29, 0.717) is 10.6 Å². The zero-order valence-electron chi connectivity index (χ0n) is 9.64. The van der Waals surface area contributed by atoms with Crippen LogP contribution >= 0.6 is 11.6 Å². The topological polar surface area (TPSA) is 43.1 Å². The maximum atomic E-state index is 11.5. The van der Waals surface area contributed by atoms with Gasteiger partial charge in [-0.2, -0.15) is 0 Å². The molecule has 0 atom stereocenters. The Hall–Kier alpha value is -2.06. The van der Waals surface area contributed by atoms with E-state index in [1.54, 1.807) is 30.3 Å². The van der Waals surface area contributed by atoms with Gasteiger partial charge in [0.2, 0.25) is 5.91 Å². The number of amides is 1. The van der Waals surface area contributed by atoms with E-state index in [-0.39, 0.29) is 0 Å². The lowest BCUT2D eigenvalue weighted by molar-refractivity contribution is -0.112. The molecule has 0 aliphatic carbocycles. The van der Waals surface area contributed by atoms with Gasteiger partial charge in [-0.15, -0.1) is 0 Å². The van der Waals surface area contributed by atoms with E-state index in [9.17, 15) is 4.79 Å². The van der Waals surface area contributed by atoms with Crippen LogP contribution < -0.4 is 5.73 Å². The van der Waals surface area contributed by atoms with E-state index in [1.165, 1.54) is 0 Å². The average Bonchev–Trinajstić information content (AvgIpc) is 2.38. The van der Waals surface area contributed by atoms with Crippen LogP contribution in [0.4, 0.5) is 0 Å². The molecule has 2 nitrogen and oxygen atoms in total. The Kier molecular flexibility index (Phi) is 3.80. The van der Waals surface area contributed by atoms with Crippen LogP contribution in [-0.2, 0) is 4.79 Å². The first-order chi connectivity index (χ1) is 8.66. The Labute approximate surface area is 111 Å². The molecule has 0 saturated heterocycles. The van der Waals surface area contributed by atoms with Crippen molar-refractivity contribution in [3.63, 3.8) is 0 Å². The van der Waals surface area contributed by atoms with E-state index in [2.05, 4.69) is 0 Å². The van der Waals surface area contributed by atoms with Gasteiger partial charge in [0.15, 0.2) is 0 Å². The minimum atomic E-state index is -0.457. The summed E-state index contributed by atoms with van der Waals surface area (Å²) in [6, 6.07) is 16.6. The van der Waals surface area contributed by atoms with Gasteiger partial charge in [-0.3, -0.25) is 4.79 Å². The third kappa shape index (κ3) is 2.99. The van der Waals surface area contributed by atoms with Crippen LogP contribution in [-0.4, -0.2) is 5.91 Å². The first kappa shape index (κ1) is 12.4. The van der Waals surface area contributed by atoms with Crippen LogP contribution in [0.3, 0.4) is 0 Å². The molecule has 0 aliphatic rings. The van der Waals surface area contributed by atoms with Crippen LogP contribution in [0.5, 0.6) is 0 Å². The maximum absolute atomic E-state index is 11.5. The highest BCUT2D eigenvalue weighted by atomic mass is 35.5. The van der Waals surface area contributed by atoms with Gasteiger partial charge in [-0.05, 0) is 29.3 Å². The number of carbonyl (C=O) groups is 1. The fourth-order valence-corrected chi connectivity index (χ4v) is 1.77. The van der Waals surface area contributed by atoms with Gasteiger partial charge in [0, 0.05) is 10.6 Å². The summed E-state index contributed by atoms with van der Waals surface area (Å²) in [5.74, 6) is -0.457. The SMILES string of the molecule is NC(=O)/C(=C/c1ccccc1)c1ccc(Cl)cc1. The normalized spacial score (nSPS) is 11.3. The summed E-state index contributed by atoms with van der Waals surface area (Å²) < 4.78 is 0. The minimum Gasteiger partial charge on any atom is -0.366 e. The summed E-state index contributed by atoms with van der Waals surface area (Å²) in [7, 11) is 0. The second-order valence-corrected chi connectivity index (χ2v) is 4.28. The molecule has 18 heavy (non-hydrogen) atoms. The van der Waals surface area contributed by atoms with Gasteiger partial charge in [0.05, 0.1) is 0 Å². The van der Waals surface area contributed by atoms with E-state index in [1.807, 2.05) is 30.3 Å². The predicted molar refractivity (Wildman–Crippen MR) is 75.0 cm³/mol. The van der Waals surface area contributed by atoms with Gasteiger partial charge < -0.3 is 5.73 Å². The number of nitrogens with two attached hydrogens (primary N) is 1. The third-order valence-corrected chi connectivity index (χ3v) is 2.78. The van der Waals surface area contributed by atoms with Crippen LogP contribution in [0.1, 0.15) is 11.1 Å². The van der Waals surface area contributed by atoms with Crippen LogP contribution in [0, 0.1) is 0 Å². The number of primary amides is 1. The van der Waals surface area contributed by atoms with E-state index < -0.39 is 5.91 Å². The Morgan fingerprint density at radius 1 is 1.00 bits per heavy atom. The summed E-state index contributed by atoms with van der Waals surface area (Å²) in [5, 5.41) is 0.627. The lowest BCUT2D eigenvalue weighted by Gasteiger charge is -2.04. The number of rotatable bonds is 3. The fourth-order valence-electron chi connectivity index (χ4n) is 1.64. The Bertz CT molecular complexity index is 573. The number of benzene rings is 2. The first-order valence-corrected chi connectivity index (χ1v) is 5.87. The average molecular weight is 258 g/mol. The molecule has 2 rings (SSSR count). The lowest BCUT2D eigenvalue weighted by atomic mass is 10.0. The summed E-state index contributed by atoms with van der Waals surface area (Å²) in [6.45, 7) is 0. The molecule has 0 bridgehead atoms. The Morgan fingerprint density at radius 3 is 2.17 bits per heavy atom. The van der Waals surface area contributed by atoms with Crippen LogP contribution in [0.15, 0.2) is 54.6 Å². The van der Waals surface area contributed by atoms with Gasteiger partial charge in [-0.25, -0.2) is 0 Å². The van der Waals surface area contributed by atoms with Crippen LogP contribution in [0.2, 0.25) is 5.02 Å². The predicted octanol–water partition coefficient (Wildman–Crippen LogP) is 3.37. The minimum absolute atomic E-state index is 0.457.